The maximum Gasteiger partial charge on any atom is 0.236 e. The van der Waals surface area contributed by atoms with Gasteiger partial charge in [-0.3, -0.25) is 4.79 Å². The zero-order valence-electron chi connectivity index (χ0n) is 11.6. The topological polar surface area (TPSA) is 50.8 Å². The van der Waals surface area contributed by atoms with Gasteiger partial charge in [0.15, 0.2) is 0 Å². The fourth-order valence-corrected chi connectivity index (χ4v) is 2.77. The number of rotatable bonds is 4. The maximum atomic E-state index is 12.0. The molecular weight excluding hydrogens is 232 g/mol. The molecule has 0 aromatic rings. The molecule has 1 amide bonds. The van der Waals surface area contributed by atoms with Crippen LogP contribution in [0, 0.1) is 5.41 Å². The van der Waals surface area contributed by atoms with E-state index in [0.29, 0.717) is 31.9 Å². The van der Waals surface area contributed by atoms with Crippen LogP contribution in [0.3, 0.4) is 0 Å². The summed E-state index contributed by atoms with van der Waals surface area (Å²) in [6, 6.07) is 0.368. The number of nitrogens with one attached hydrogen (secondary N) is 1. The van der Waals surface area contributed by atoms with Crippen LogP contribution in [-0.4, -0.2) is 62.9 Å². The zero-order valence-corrected chi connectivity index (χ0v) is 11.6. The largest absolute Gasteiger partial charge is 0.381 e. The molecule has 0 aromatic carbocycles. The van der Waals surface area contributed by atoms with E-state index in [1.807, 2.05) is 4.90 Å². The van der Waals surface area contributed by atoms with Gasteiger partial charge in [-0.15, -0.1) is 0 Å². The maximum absolute atomic E-state index is 12.0. The third-order valence-corrected chi connectivity index (χ3v) is 4.33. The Hall–Kier alpha value is -0.650. The fraction of sp³-hybridized carbons (Fsp3) is 0.923. The van der Waals surface area contributed by atoms with Gasteiger partial charge in [-0.25, -0.2) is 0 Å². The first kappa shape index (κ1) is 13.8. The van der Waals surface area contributed by atoms with E-state index in [4.69, 9.17) is 9.47 Å². The van der Waals surface area contributed by atoms with Crippen LogP contribution in [0.4, 0.5) is 0 Å². The van der Waals surface area contributed by atoms with Crippen LogP contribution >= 0.6 is 0 Å². The number of hydrogen-bond donors (Lipinski definition) is 1. The van der Waals surface area contributed by atoms with Crippen molar-refractivity contribution in [1.82, 2.24) is 10.2 Å². The molecule has 2 aliphatic rings. The quantitative estimate of drug-likeness (QED) is 0.783. The molecule has 1 aliphatic carbocycles. The normalized spacial score (nSPS) is 30.9. The molecule has 1 saturated heterocycles. The summed E-state index contributed by atoms with van der Waals surface area (Å²) in [7, 11) is 1.75. The number of nitrogens with zero attached hydrogens (tertiary/aromatic N) is 1. The van der Waals surface area contributed by atoms with Gasteiger partial charge < -0.3 is 19.7 Å². The Morgan fingerprint density at radius 1 is 1.44 bits per heavy atom. The van der Waals surface area contributed by atoms with Crippen molar-refractivity contribution >= 4 is 5.91 Å². The summed E-state index contributed by atoms with van der Waals surface area (Å²) >= 11 is 0. The highest BCUT2D eigenvalue weighted by Gasteiger charge is 2.48. The van der Waals surface area contributed by atoms with Crippen molar-refractivity contribution in [3.8, 4) is 0 Å². The molecule has 1 aliphatic heterocycles. The Balaban J connectivity index is 1.73. The molecule has 0 radical (unpaired) electrons. The Bertz CT molecular complexity index is 301. The van der Waals surface area contributed by atoms with E-state index in [9.17, 15) is 4.79 Å². The van der Waals surface area contributed by atoms with Crippen molar-refractivity contribution in [2.75, 3.05) is 40.0 Å². The van der Waals surface area contributed by atoms with Gasteiger partial charge >= 0.3 is 0 Å². The molecule has 1 saturated carbocycles. The van der Waals surface area contributed by atoms with E-state index in [1.54, 1.807) is 7.11 Å². The SMILES string of the molecule is COC1CC(NCC(=O)N2CCOCC2)C1(C)C. The monoisotopic (exact) mass is 256 g/mol. The fourth-order valence-electron chi connectivity index (χ4n) is 2.77. The Morgan fingerprint density at radius 2 is 2.11 bits per heavy atom. The van der Waals surface area contributed by atoms with E-state index in [0.717, 1.165) is 19.5 Å². The third-order valence-electron chi connectivity index (χ3n) is 4.33. The summed E-state index contributed by atoms with van der Waals surface area (Å²) in [4.78, 5) is 13.9. The van der Waals surface area contributed by atoms with Crippen LogP contribution in [-0.2, 0) is 14.3 Å². The summed E-state index contributed by atoms with van der Waals surface area (Å²) in [5, 5.41) is 3.36. The van der Waals surface area contributed by atoms with Gasteiger partial charge in [0.2, 0.25) is 5.91 Å². The first-order valence-electron chi connectivity index (χ1n) is 6.67. The van der Waals surface area contributed by atoms with Gasteiger partial charge in [0, 0.05) is 31.7 Å². The number of carbonyl (C=O) groups is 1. The number of carbonyl (C=O) groups excluding carboxylic acids is 1. The van der Waals surface area contributed by atoms with E-state index < -0.39 is 0 Å². The minimum atomic E-state index is 0.111. The lowest BCUT2D eigenvalue weighted by atomic mass is 9.64. The lowest BCUT2D eigenvalue weighted by molar-refractivity contribution is -0.136. The van der Waals surface area contributed by atoms with Crippen LogP contribution in [0.15, 0.2) is 0 Å². The zero-order chi connectivity index (χ0) is 13.2. The molecule has 1 N–H and O–H groups in total. The molecule has 2 rings (SSSR count). The summed E-state index contributed by atoms with van der Waals surface area (Å²) in [6.07, 6.45) is 1.29. The van der Waals surface area contributed by atoms with Crippen LogP contribution in [0.25, 0.3) is 0 Å². The highest BCUT2D eigenvalue weighted by atomic mass is 16.5. The molecule has 2 atom stereocenters. The van der Waals surface area contributed by atoms with Crippen molar-refractivity contribution in [1.29, 1.82) is 0 Å². The van der Waals surface area contributed by atoms with Crippen LogP contribution in [0.1, 0.15) is 20.3 Å². The van der Waals surface area contributed by atoms with Gasteiger partial charge in [0.1, 0.15) is 0 Å². The third kappa shape index (κ3) is 2.68. The van der Waals surface area contributed by atoms with Gasteiger partial charge in [-0.05, 0) is 6.42 Å². The lowest BCUT2D eigenvalue weighted by Crippen LogP contribution is -2.62. The molecule has 0 spiro atoms. The second kappa shape index (κ2) is 5.55. The molecule has 1 heterocycles. The molecule has 104 valence electrons. The molecule has 5 nitrogen and oxygen atoms in total. The van der Waals surface area contributed by atoms with Crippen molar-refractivity contribution in [3.05, 3.63) is 0 Å². The minimum absolute atomic E-state index is 0.111. The predicted molar refractivity (Wildman–Crippen MR) is 68.4 cm³/mol. The molecular formula is C13H24N2O3. The van der Waals surface area contributed by atoms with Gasteiger partial charge in [-0.2, -0.15) is 0 Å². The summed E-state index contributed by atoms with van der Waals surface area (Å²) in [6.45, 7) is 7.54. The van der Waals surface area contributed by atoms with E-state index >= 15 is 0 Å². The molecule has 5 heteroatoms. The smallest absolute Gasteiger partial charge is 0.236 e. The Kier molecular flexibility index (Phi) is 4.25. The second-order valence-electron chi connectivity index (χ2n) is 5.71. The Morgan fingerprint density at radius 3 is 2.67 bits per heavy atom. The first-order valence-corrected chi connectivity index (χ1v) is 6.67. The van der Waals surface area contributed by atoms with Crippen molar-refractivity contribution in [2.24, 2.45) is 5.41 Å². The number of methoxy groups -OCH3 is 1. The number of ether oxygens (including phenoxy) is 2. The predicted octanol–water partition coefficient (Wildman–Crippen LogP) is 0.248. The minimum Gasteiger partial charge on any atom is -0.381 e. The van der Waals surface area contributed by atoms with Gasteiger partial charge in [0.25, 0.3) is 0 Å². The summed E-state index contributed by atoms with van der Waals surface area (Å²) in [5.41, 5.74) is 0.111. The van der Waals surface area contributed by atoms with E-state index in [-0.39, 0.29) is 11.3 Å². The van der Waals surface area contributed by atoms with E-state index in [1.165, 1.54) is 0 Å². The Labute approximate surface area is 109 Å². The highest BCUT2D eigenvalue weighted by molar-refractivity contribution is 5.78. The van der Waals surface area contributed by atoms with Gasteiger partial charge in [0.05, 0.1) is 25.9 Å². The summed E-state index contributed by atoms with van der Waals surface area (Å²) in [5.74, 6) is 0.176. The standard InChI is InChI=1S/C13H24N2O3/c1-13(2)10(8-11(13)17-3)14-9-12(16)15-4-6-18-7-5-15/h10-11,14H,4-9H2,1-3H3. The number of morpholine rings is 1. The molecule has 2 unspecified atom stereocenters. The molecule has 0 aromatic heterocycles. The van der Waals surface area contributed by atoms with Crippen LogP contribution in [0.5, 0.6) is 0 Å². The van der Waals surface area contributed by atoms with Crippen molar-refractivity contribution in [3.63, 3.8) is 0 Å². The number of amides is 1. The highest BCUT2D eigenvalue weighted by Crippen LogP contribution is 2.42. The van der Waals surface area contributed by atoms with Crippen LogP contribution < -0.4 is 5.32 Å². The molecule has 18 heavy (non-hydrogen) atoms. The van der Waals surface area contributed by atoms with E-state index in [2.05, 4.69) is 19.2 Å². The average Bonchev–Trinajstić information content (AvgIpc) is 2.38. The molecule has 0 bridgehead atoms. The lowest BCUT2D eigenvalue weighted by Gasteiger charge is -2.51. The second-order valence-corrected chi connectivity index (χ2v) is 5.71. The van der Waals surface area contributed by atoms with Crippen molar-refractivity contribution < 1.29 is 14.3 Å². The summed E-state index contributed by atoms with van der Waals surface area (Å²) < 4.78 is 10.6. The van der Waals surface area contributed by atoms with Crippen LogP contribution in [0.2, 0.25) is 0 Å². The van der Waals surface area contributed by atoms with Crippen molar-refractivity contribution in [2.45, 2.75) is 32.4 Å². The number of hydrogen-bond acceptors (Lipinski definition) is 4. The van der Waals surface area contributed by atoms with Gasteiger partial charge in [-0.1, -0.05) is 13.8 Å². The first-order chi connectivity index (χ1) is 8.55. The molecule has 2 fully saturated rings. The average molecular weight is 256 g/mol.